The highest BCUT2D eigenvalue weighted by molar-refractivity contribution is 7.12. The largest absolute Gasteiger partial charge is 0.435 e. The maximum Gasteiger partial charge on any atom is 0.435 e. The van der Waals surface area contributed by atoms with Crippen molar-refractivity contribution in [3.8, 4) is 11.3 Å². The Morgan fingerprint density at radius 2 is 2.00 bits per heavy atom. The Bertz CT molecular complexity index is 977. The van der Waals surface area contributed by atoms with Crippen molar-refractivity contribution < 1.29 is 22.4 Å². The molecule has 0 aliphatic rings. The molecule has 0 spiro atoms. The van der Waals surface area contributed by atoms with Gasteiger partial charge in [-0.1, -0.05) is 0 Å². The van der Waals surface area contributed by atoms with E-state index < -0.39 is 23.6 Å². The zero-order valence-electron chi connectivity index (χ0n) is 13.6. The van der Waals surface area contributed by atoms with Gasteiger partial charge in [0.2, 0.25) is 0 Å². The summed E-state index contributed by atoms with van der Waals surface area (Å²) in [4.78, 5) is 16.5. The molecule has 0 unspecified atom stereocenters. The predicted molar refractivity (Wildman–Crippen MR) is 88.4 cm³/mol. The lowest BCUT2D eigenvalue weighted by Crippen LogP contribution is -2.11. The van der Waals surface area contributed by atoms with Gasteiger partial charge in [-0.15, -0.1) is 11.3 Å². The van der Waals surface area contributed by atoms with Gasteiger partial charge in [0, 0.05) is 18.3 Å². The number of aromatic nitrogens is 3. The number of benzene rings is 1. The maximum atomic E-state index is 14.4. The quantitative estimate of drug-likeness (QED) is 0.687. The summed E-state index contributed by atoms with van der Waals surface area (Å²) in [6.07, 6.45) is -4.62. The number of nitrogens with zero attached hydrogens (tertiary/aromatic N) is 3. The molecular weight excluding hydrogens is 372 g/mol. The van der Waals surface area contributed by atoms with Crippen molar-refractivity contribution in [2.75, 3.05) is 5.32 Å². The Hall–Kier alpha value is -2.75. The summed E-state index contributed by atoms with van der Waals surface area (Å²) in [5, 5.41) is 5.90. The minimum absolute atomic E-state index is 0.0222. The van der Waals surface area contributed by atoms with E-state index >= 15 is 0 Å². The molecule has 10 heteroatoms. The van der Waals surface area contributed by atoms with Crippen LogP contribution < -0.4 is 5.32 Å². The molecule has 0 radical (unpaired) electrons. The number of hydrogen-bond acceptors (Lipinski definition) is 4. The fourth-order valence-corrected chi connectivity index (χ4v) is 3.06. The van der Waals surface area contributed by atoms with Gasteiger partial charge in [-0.3, -0.25) is 9.48 Å². The predicted octanol–water partition coefficient (Wildman–Crippen LogP) is 4.26. The molecule has 0 fully saturated rings. The van der Waals surface area contributed by atoms with Gasteiger partial charge in [0.25, 0.3) is 5.91 Å². The second-order valence-electron chi connectivity index (χ2n) is 5.45. The Kier molecular flexibility index (Phi) is 4.53. The highest BCUT2D eigenvalue weighted by Gasteiger charge is 2.35. The summed E-state index contributed by atoms with van der Waals surface area (Å²) in [6.45, 7) is 1.68. The first-order chi connectivity index (χ1) is 12.2. The van der Waals surface area contributed by atoms with E-state index in [0.29, 0.717) is 10.6 Å². The molecule has 3 aromatic rings. The molecule has 1 aromatic carbocycles. The molecule has 0 bridgehead atoms. The van der Waals surface area contributed by atoms with Crippen LogP contribution in [0.4, 0.5) is 23.2 Å². The normalized spacial score (nSPS) is 11.6. The van der Waals surface area contributed by atoms with Crippen LogP contribution in [-0.4, -0.2) is 20.7 Å². The van der Waals surface area contributed by atoms with Gasteiger partial charge in [-0.2, -0.15) is 18.3 Å². The van der Waals surface area contributed by atoms with Gasteiger partial charge >= 0.3 is 6.18 Å². The molecule has 2 aromatic heterocycles. The first kappa shape index (κ1) is 18.1. The molecule has 2 heterocycles. The van der Waals surface area contributed by atoms with E-state index in [2.05, 4.69) is 15.4 Å². The lowest BCUT2D eigenvalue weighted by atomic mass is 10.1. The van der Waals surface area contributed by atoms with Gasteiger partial charge in [-0.25, -0.2) is 9.37 Å². The first-order valence-corrected chi connectivity index (χ1v) is 8.17. The minimum Gasteiger partial charge on any atom is -0.321 e. The summed E-state index contributed by atoms with van der Waals surface area (Å²) in [7, 11) is 1.30. The second kappa shape index (κ2) is 6.52. The average molecular weight is 384 g/mol. The highest BCUT2D eigenvalue weighted by Crippen LogP contribution is 2.33. The van der Waals surface area contributed by atoms with Crippen molar-refractivity contribution in [1.82, 2.24) is 14.8 Å². The number of amides is 1. The number of thiazole rings is 1. The summed E-state index contributed by atoms with van der Waals surface area (Å²) >= 11 is 1.15. The van der Waals surface area contributed by atoms with Gasteiger partial charge in [0.1, 0.15) is 10.7 Å². The van der Waals surface area contributed by atoms with E-state index in [4.69, 9.17) is 0 Å². The van der Waals surface area contributed by atoms with Crippen LogP contribution in [0.2, 0.25) is 0 Å². The van der Waals surface area contributed by atoms with Crippen LogP contribution >= 0.6 is 11.3 Å². The summed E-state index contributed by atoms with van der Waals surface area (Å²) in [5.41, 5.74) is 1.08. The molecule has 136 valence electrons. The van der Waals surface area contributed by atoms with Crippen LogP contribution in [0.5, 0.6) is 0 Å². The molecule has 3 rings (SSSR count). The zero-order valence-corrected chi connectivity index (χ0v) is 14.4. The van der Waals surface area contributed by atoms with E-state index in [-0.39, 0.29) is 16.9 Å². The molecule has 0 atom stereocenters. The van der Waals surface area contributed by atoms with Crippen molar-refractivity contribution in [1.29, 1.82) is 0 Å². The van der Waals surface area contributed by atoms with Crippen molar-refractivity contribution >= 4 is 22.9 Å². The lowest BCUT2D eigenvalue weighted by molar-refractivity contribution is -0.141. The third-order valence-electron chi connectivity index (χ3n) is 3.62. The SMILES string of the molecule is Cc1ncsc1C(=O)Nc1ccc(-c2cc(C(F)(F)F)nn2C)c(F)c1. The Morgan fingerprint density at radius 1 is 1.27 bits per heavy atom. The van der Waals surface area contributed by atoms with Crippen LogP contribution in [0.15, 0.2) is 29.8 Å². The summed E-state index contributed by atoms with van der Waals surface area (Å²) < 4.78 is 53.6. The van der Waals surface area contributed by atoms with E-state index in [1.54, 1.807) is 6.92 Å². The molecule has 5 nitrogen and oxygen atoms in total. The Balaban J connectivity index is 1.88. The number of alkyl halides is 3. The zero-order chi connectivity index (χ0) is 19.1. The molecule has 0 aliphatic heterocycles. The van der Waals surface area contributed by atoms with E-state index in [1.807, 2.05) is 0 Å². The van der Waals surface area contributed by atoms with Crippen molar-refractivity contribution in [2.45, 2.75) is 13.1 Å². The number of halogens is 4. The Morgan fingerprint density at radius 3 is 2.54 bits per heavy atom. The standard InChI is InChI=1S/C16H12F4N4OS/c1-8-14(26-7-21-8)15(25)22-9-3-4-10(11(17)5-9)12-6-13(16(18,19)20)23-24(12)2/h3-7H,1-2H3,(H,22,25). The number of carbonyl (C=O) groups excluding carboxylic acids is 1. The van der Waals surface area contributed by atoms with Crippen LogP contribution in [0.3, 0.4) is 0 Å². The van der Waals surface area contributed by atoms with Gasteiger partial charge in [0.15, 0.2) is 5.69 Å². The van der Waals surface area contributed by atoms with Crippen LogP contribution in [0.1, 0.15) is 21.1 Å². The number of rotatable bonds is 3. The van der Waals surface area contributed by atoms with Crippen molar-refractivity contribution in [3.05, 3.63) is 51.9 Å². The van der Waals surface area contributed by atoms with Gasteiger partial charge in [-0.05, 0) is 31.2 Å². The van der Waals surface area contributed by atoms with Gasteiger partial charge < -0.3 is 5.32 Å². The number of anilines is 1. The average Bonchev–Trinajstić information content (AvgIpc) is 3.13. The third kappa shape index (κ3) is 3.45. The smallest absolute Gasteiger partial charge is 0.321 e. The second-order valence-corrected chi connectivity index (χ2v) is 6.31. The molecule has 1 N–H and O–H groups in total. The highest BCUT2D eigenvalue weighted by atomic mass is 32.1. The fraction of sp³-hybridized carbons (Fsp3) is 0.188. The topological polar surface area (TPSA) is 59.8 Å². The van der Waals surface area contributed by atoms with Crippen molar-refractivity contribution in [3.63, 3.8) is 0 Å². The van der Waals surface area contributed by atoms with E-state index in [9.17, 15) is 22.4 Å². The summed E-state index contributed by atoms with van der Waals surface area (Å²) in [5.74, 6) is -1.21. The lowest BCUT2D eigenvalue weighted by Gasteiger charge is -2.08. The Labute approximate surface area is 149 Å². The fourth-order valence-electron chi connectivity index (χ4n) is 2.37. The molecule has 0 saturated carbocycles. The first-order valence-electron chi connectivity index (χ1n) is 7.29. The molecule has 0 saturated heterocycles. The van der Waals surface area contributed by atoms with Gasteiger partial charge in [0.05, 0.1) is 16.9 Å². The number of aryl methyl sites for hydroxylation is 2. The molecule has 0 aliphatic carbocycles. The monoisotopic (exact) mass is 384 g/mol. The molecular formula is C16H12F4N4OS. The number of nitrogens with one attached hydrogen (secondary N) is 1. The third-order valence-corrected chi connectivity index (χ3v) is 4.55. The number of hydrogen-bond donors (Lipinski definition) is 1. The maximum absolute atomic E-state index is 14.4. The van der Waals surface area contributed by atoms with Crippen LogP contribution in [0.25, 0.3) is 11.3 Å². The minimum atomic E-state index is -4.62. The molecule has 1 amide bonds. The van der Waals surface area contributed by atoms with Crippen LogP contribution in [-0.2, 0) is 13.2 Å². The number of carbonyl (C=O) groups is 1. The van der Waals surface area contributed by atoms with Crippen molar-refractivity contribution in [2.24, 2.45) is 7.05 Å². The van der Waals surface area contributed by atoms with E-state index in [1.165, 1.54) is 24.7 Å². The molecule has 26 heavy (non-hydrogen) atoms. The van der Waals surface area contributed by atoms with Crippen LogP contribution in [0, 0.1) is 12.7 Å². The summed E-state index contributed by atoms with van der Waals surface area (Å²) in [6, 6.07) is 4.52. The van der Waals surface area contributed by atoms with E-state index in [0.717, 1.165) is 28.2 Å².